The topological polar surface area (TPSA) is 87.8 Å². The first-order valence-corrected chi connectivity index (χ1v) is 9.34. The zero-order chi connectivity index (χ0) is 18.8. The highest BCUT2D eigenvalue weighted by Gasteiger charge is 2.31. The van der Waals surface area contributed by atoms with Crippen LogP contribution in [0.4, 0.5) is 0 Å². The normalized spacial score (nSPS) is 17.8. The van der Waals surface area contributed by atoms with Crippen molar-refractivity contribution in [1.82, 2.24) is 15.3 Å². The van der Waals surface area contributed by atoms with Gasteiger partial charge in [-0.25, -0.2) is 5.43 Å². The number of carbonyl (C=O) groups is 2. The number of nitrogens with zero attached hydrogens (tertiary/aromatic N) is 3. The number of amides is 2. The number of carbonyl (C=O) groups excluding carboxylic acids is 2. The molecule has 1 fully saturated rings. The van der Waals surface area contributed by atoms with Crippen LogP contribution in [0.1, 0.15) is 63.5 Å². The van der Waals surface area contributed by atoms with Crippen molar-refractivity contribution in [3.05, 3.63) is 52.7 Å². The molecule has 4 rings (SSSR count). The van der Waals surface area contributed by atoms with Crippen LogP contribution in [0.5, 0.6) is 0 Å². The number of aryl methyl sites for hydroxylation is 1. The predicted molar refractivity (Wildman–Crippen MR) is 99.8 cm³/mol. The summed E-state index contributed by atoms with van der Waals surface area (Å²) < 4.78 is 5.94. The molecule has 0 saturated carbocycles. The highest BCUT2D eigenvalue weighted by molar-refractivity contribution is 6.07. The number of hydrazone groups is 1. The Morgan fingerprint density at radius 2 is 2.04 bits per heavy atom. The first-order chi connectivity index (χ1) is 13.1. The van der Waals surface area contributed by atoms with Crippen molar-refractivity contribution < 1.29 is 14.0 Å². The molecular formula is C20H22N4O3. The Kier molecular flexibility index (Phi) is 4.75. The lowest BCUT2D eigenvalue weighted by atomic mass is 9.93. The van der Waals surface area contributed by atoms with Gasteiger partial charge in [-0.15, -0.1) is 0 Å². The Hall–Kier alpha value is -2.96. The van der Waals surface area contributed by atoms with Crippen molar-refractivity contribution in [3.8, 4) is 0 Å². The van der Waals surface area contributed by atoms with Crippen LogP contribution >= 0.6 is 0 Å². The van der Waals surface area contributed by atoms with Gasteiger partial charge in [0.05, 0.1) is 11.3 Å². The van der Waals surface area contributed by atoms with Crippen molar-refractivity contribution in [2.24, 2.45) is 5.10 Å². The molecule has 2 aromatic heterocycles. The van der Waals surface area contributed by atoms with E-state index in [1.807, 2.05) is 11.8 Å². The number of likely N-dealkylation sites (tertiary alicyclic amines) is 1. The minimum atomic E-state index is -0.308. The summed E-state index contributed by atoms with van der Waals surface area (Å²) in [6.45, 7) is 3.47. The first-order valence-electron chi connectivity index (χ1n) is 9.34. The summed E-state index contributed by atoms with van der Waals surface area (Å²) in [5.74, 6) is 0.848. The molecule has 2 aromatic rings. The van der Waals surface area contributed by atoms with Gasteiger partial charge in [0.1, 0.15) is 5.76 Å². The molecule has 0 aromatic carbocycles. The summed E-state index contributed by atoms with van der Waals surface area (Å²) in [7, 11) is 0. The van der Waals surface area contributed by atoms with Gasteiger partial charge >= 0.3 is 0 Å². The van der Waals surface area contributed by atoms with Gasteiger partial charge in [-0.05, 0) is 44.7 Å². The average Bonchev–Trinajstić information content (AvgIpc) is 3.35. The molecule has 0 bridgehead atoms. The molecule has 7 heteroatoms. The number of rotatable bonds is 3. The Bertz CT molecular complexity index is 895. The number of furan rings is 1. The lowest BCUT2D eigenvalue weighted by Gasteiger charge is -2.14. The smallest absolute Gasteiger partial charge is 0.289 e. The third kappa shape index (κ3) is 3.37. The van der Waals surface area contributed by atoms with E-state index in [-0.39, 0.29) is 11.8 Å². The summed E-state index contributed by atoms with van der Waals surface area (Å²) in [4.78, 5) is 30.8. The standard InChI is InChI=1S/C20H22N4O3/c1-13-17-15(22-23-19(25)14-6-5-9-21-12-14)7-4-8-16(17)27-18(13)20(26)24-10-2-3-11-24/h5-6,9,12H,2-4,7-8,10-11H2,1H3,(H,23,25)/b22-15+. The van der Waals surface area contributed by atoms with Gasteiger partial charge in [0.2, 0.25) is 0 Å². The van der Waals surface area contributed by atoms with Crippen molar-refractivity contribution in [1.29, 1.82) is 0 Å². The van der Waals surface area contributed by atoms with E-state index in [1.54, 1.807) is 18.3 Å². The lowest BCUT2D eigenvalue weighted by Crippen LogP contribution is -2.27. The Morgan fingerprint density at radius 3 is 2.78 bits per heavy atom. The van der Waals surface area contributed by atoms with Crippen LogP contribution < -0.4 is 5.43 Å². The molecule has 2 amide bonds. The van der Waals surface area contributed by atoms with Crippen LogP contribution in [0.3, 0.4) is 0 Å². The van der Waals surface area contributed by atoms with E-state index < -0.39 is 0 Å². The molecule has 0 spiro atoms. The van der Waals surface area contributed by atoms with Gasteiger partial charge in [0.25, 0.3) is 11.8 Å². The summed E-state index contributed by atoms with van der Waals surface area (Å²) in [6.07, 6.45) is 7.58. The maximum atomic E-state index is 12.8. The zero-order valence-corrected chi connectivity index (χ0v) is 15.3. The fourth-order valence-electron chi connectivity index (χ4n) is 3.73. The van der Waals surface area contributed by atoms with Gasteiger partial charge in [-0.1, -0.05) is 0 Å². The van der Waals surface area contributed by atoms with E-state index in [0.29, 0.717) is 11.3 Å². The molecule has 3 heterocycles. The van der Waals surface area contributed by atoms with Gasteiger partial charge in [-0.3, -0.25) is 14.6 Å². The molecule has 0 unspecified atom stereocenters. The lowest BCUT2D eigenvalue weighted by molar-refractivity contribution is 0.0758. The largest absolute Gasteiger partial charge is 0.455 e. The molecule has 1 N–H and O–H groups in total. The van der Waals surface area contributed by atoms with Crippen molar-refractivity contribution in [2.75, 3.05) is 13.1 Å². The highest BCUT2D eigenvalue weighted by Crippen LogP contribution is 2.31. The molecule has 0 atom stereocenters. The quantitative estimate of drug-likeness (QED) is 0.846. The van der Waals surface area contributed by atoms with E-state index in [1.165, 1.54) is 6.20 Å². The average molecular weight is 366 g/mol. The van der Waals surface area contributed by atoms with E-state index in [9.17, 15) is 9.59 Å². The van der Waals surface area contributed by atoms with E-state index in [2.05, 4.69) is 15.5 Å². The number of hydrogen-bond donors (Lipinski definition) is 1. The second-order valence-electron chi connectivity index (χ2n) is 6.95. The Labute approximate surface area is 157 Å². The van der Waals surface area contributed by atoms with Crippen LogP contribution in [0, 0.1) is 6.92 Å². The number of fused-ring (bicyclic) bond motifs is 1. The highest BCUT2D eigenvalue weighted by atomic mass is 16.4. The van der Waals surface area contributed by atoms with Gasteiger partial charge in [-0.2, -0.15) is 5.10 Å². The third-order valence-corrected chi connectivity index (χ3v) is 5.13. The van der Waals surface area contributed by atoms with Gasteiger partial charge in [0, 0.05) is 43.0 Å². The molecule has 140 valence electrons. The molecule has 1 saturated heterocycles. The first kappa shape index (κ1) is 17.5. The monoisotopic (exact) mass is 366 g/mol. The Morgan fingerprint density at radius 1 is 1.22 bits per heavy atom. The molecule has 7 nitrogen and oxygen atoms in total. The van der Waals surface area contributed by atoms with Gasteiger partial charge in [0.15, 0.2) is 5.76 Å². The van der Waals surface area contributed by atoms with Crippen molar-refractivity contribution >= 4 is 17.5 Å². The number of hydrogen-bond acceptors (Lipinski definition) is 5. The van der Waals surface area contributed by atoms with Crippen LogP contribution in [0.2, 0.25) is 0 Å². The number of nitrogens with one attached hydrogen (secondary N) is 1. The SMILES string of the molecule is Cc1c(C(=O)N2CCCC2)oc2c1/C(=N/NC(=O)c1cccnc1)CCC2. The van der Waals surface area contributed by atoms with Crippen molar-refractivity contribution in [2.45, 2.75) is 39.0 Å². The second-order valence-corrected chi connectivity index (χ2v) is 6.95. The molecule has 0 radical (unpaired) electrons. The number of aromatic nitrogens is 1. The van der Waals surface area contributed by atoms with Crippen LogP contribution in [-0.2, 0) is 6.42 Å². The molecule has 2 aliphatic rings. The minimum absolute atomic E-state index is 0.0434. The summed E-state index contributed by atoms with van der Waals surface area (Å²) in [5, 5.41) is 4.34. The summed E-state index contributed by atoms with van der Waals surface area (Å²) >= 11 is 0. The van der Waals surface area contributed by atoms with Crippen molar-refractivity contribution in [3.63, 3.8) is 0 Å². The second kappa shape index (κ2) is 7.34. The molecule has 1 aliphatic carbocycles. The Balaban J connectivity index is 1.59. The third-order valence-electron chi connectivity index (χ3n) is 5.13. The molecular weight excluding hydrogens is 344 g/mol. The van der Waals surface area contributed by atoms with Crippen LogP contribution in [-0.4, -0.2) is 40.5 Å². The molecule has 27 heavy (non-hydrogen) atoms. The van der Waals surface area contributed by atoms with E-state index in [4.69, 9.17) is 4.42 Å². The van der Waals surface area contributed by atoms with E-state index in [0.717, 1.165) is 67.8 Å². The minimum Gasteiger partial charge on any atom is -0.455 e. The van der Waals surface area contributed by atoms with Crippen LogP contribution in [0.25, 0.3) is 0 Å². The summed E-state index contributed by atoms with van der Waals surface area (Å²) in [5.41, 5.74) is 5.50. The maximum absolute atomic E-state index is 12.8. The number of pyridine rings is 1. The zero-order valence-electron chi connectivity index (χ0n) is 15.3. The summed E-state index contributed by atoms with van der Waals surface area (Å²) in [6, 6.07) is 3.39. The van der Waals surface area contributed by atoms with Crippen LogP contribution in [0.15, 0.2) is 34.0 Å². The molecule has 1 aliphatic heterocycles. The fraction of sp³-hybridized carbons (Fsp3) is 0.400. The van der Waals surface area contributed by atoms with E-state index >= 15 is 0 Å². The maximum Gasteiger partial charge on any atom is 0.289 e. The van der Waals surface area contributed by atoms with Gasteiger partial charge < -0.3 is 9.32 Å². The fourth-order valence-corrected chi connectivity index (χ4v) is 3.73. The predicted octanol–water partition coefficient (Wildman–Crippen LogP) is 2.69.